The average Bonchev–Trinajstić information content (AvgIpc) is 2.35. The van der Waals surface area contributed by atoms with E-state index in [0.717, 1.165) is 24.0 Å². The van der Waals surface area contributed by atoms with Crippen LogP contribution in [0.4, 0.5) is 0 Å². The van der Waals surface area contributed by atoms with Crippen molar-refractivity contribution in [1.82, 2.24) is 0 Å². The van der Waals surface area contributed by atoms with Crippen LogP contribution in [-0.4, -0.2) is 35.1 Å². The van der Waals surface area contributed by atoms with Crippen molar-refractivity contribution in [2.75, 3.05) is 13.7 Å². The SMILES string of the molecule is CO[C@@]1(C)C(C)=C(C)[C@]1(O)C#CCCCCO. The molecule has 0 saturated heterocycles. The molecule has 0 aromatic heterocycles. The number of unbranched alkanes of at least 4 members (excludes halogenated alkanes) is 2. The Hall–Kier alpha value is -0.820. The molecule has 0 radical (unpaired) electrons. The minimum atomic E-state index is -1.16. The highest BCUT2D eigenvalue weighted by molar-refractivity contribution is 5.53. The number of rotatable bonds is 4. The first kappa shape index (κ1) is 14.2. The topological polar surface area (TPSA) is 49.7 Å². The van der Waals surface area contributed by atoms with Gasteiger partial charge in [-0.05, 0) is 44.8 Å². The second-order valence-corrected chi connectivity index (χ2v) is 4.68. The fourth-order valence-corrected chi connectivity index (χ4v) is 2.23. The summed E-state index contributed by atoms with van der Waals surface area (Å²) < 4.78 is 5.40. The fraction of sp³-hybridized carbons (Fsp3) is 0.714. The van der Waals surface area contributed by atoms with E-state index in [1.165, 1.54) is 0 Å². The van der Waals surface area contributed by atoms with Crippen LogP contribution in [0.2, 0.25) is 0 Å². The van der Waals surface area contributed by atoms with Gasteiger partial charge in [-0.2, -0.15) is 0 Å². The summed E-state index contributed by atoms with van der Waals surface area (Å²) in [6.07, 6.45) is 2.29. The maximum atomic E-state index is 10.5. The highest BCUT2D eigenvalue weighted by Gasteiger charge is 2.58. The third-order valence-electron chi connectivity index (χ3n) is 3.90. The number of methoxy groups -OCH3 is 1. The number of aliphatic hydroxyl groups excluding tert-OH is 1. The lowest BCUT2D eigenvalue weighted by Gasteiger charge is -2.51. The van der Waals surface area contributed by atoms with Gasteiger partial charge in [0, 0.05) is 20.1 Å². The molecule has 3 heteroatoms. The summed E-state index contributed by atoms with van der Waals surface area (Å²) in [6, 6.07) is 0. The van der Waals surface area contributed by atoms with E-state index in [0.29, 0.717) is 6.42 Å². The Labute approximate surface area is 103 Å². The van der Waals surface area contributed by atoms with Crippen LogP contribution in [0, 0.1) is 11.8 Å². The predicted octanol–water partition coefficient (Wildman–Crippen LogP) is 1.64. The van der Waals surface area contributed by atoms with Crippen LogP contribution in [0.15, 0.2) is 11.1 Å². The smallest absolute Gasteiger partial charge is 0.179 e. The van der Waals surface area contributed by atoms with Gasteiger partial charge in [0.1, 0.15) is 5.60 Å². The van der Waals surface area contributed by atoms with Crippen molar-refractivity contribution in [3.8, 4) is 11.8 Å². The molecule has 2 atom stereocenters. The van der Waals surface area contributed by atoms with Gasteiger partial charge in [-0.1, -0.05) is 11.8 Å². The van der Waals surface area contributed by atoms with Crippen LogP contribution in [0.1, 0.15) is 40.0 Å². The van der Waals surface area contributed by atoms with Crippen LogP contribution >= 0.6 is 0 Å². The predicted molar refractivity (Wildman–Crippen MR) is 67.5 cm³/mol. The van der Waals surface area contributed by atoms with Gasteiger partial charge in [-0.15, -0.1) is 0 Å². The fourth-order valence-electron chi connectivity index (χ4n) is 2.23. The monoisotopic (exact) mass is 238 g/mol. The highest BCUT2D eigenvalue weighted by atomic mass is 16.5. The molecule has 1 aliphatic rings. The standard InChI is InChI=1S/C14H22O3/c1-11-12(2)14(16,13(11,3)17-4)9-7-5-6-8-10-15/h15-16H,5-6,8,10H2,1-4H3/t13-,14+/m0/s1. The molecular weight excluding hydrogens is 216 g/mol. The molecule has 0 amide bonds. The first-order valence-corrected chi connectivity index (χ1v) is 6.01. The van der Waals surface area contributed by atoms with E-state index in [2.05, 4.69) is 11.8 Å². The number of ether oxygens (including phenoxy) is 1. The van der Waals surface area contributed by atoms with Crippen LogP contribution in [0.5, 0.6) is 0 Å². The van der Waals surface area contributed by atoms with Crippen molar-refractivity contribution < 1.29 is 14.9 Å². The third-order valence-corrected chi connectivity index (χ3v) is 3.90. The van der Waals surface area contributed by atoms with Crippen molar-refractivity contribution in [2.45, 2.75) is 51.2 Å². The molecule has 0 aromatic rings. The van der Waals surface area contributed by atoms with Gasteiger partial charge in [0.25, 0.3) is 0 Å². The minimum absolute atomic E-state index is 0.194. The molecule has 17 heavy (non-hydrogen) atoms. The van der Waals surface area contributed by atoms with E-state index in [1.54, 1.807) is 7.11 Å². The maximum absolute atomic E-state index is 10.5. The zero-order valence-electron chi connectivity index (χ0n) is 11.1. The lowest BCUT2D eigenvalue weighted by atomic mass is 9.62. The normalized spacial score (nSPS) is 31.9. The van der Waals surface area contributed by atoms with Gasteiger partial charge >= 0.3 is 0 Å². The van der Waals surface area contributed by atoms with Crippen LogP contribution in [0.25, 0.3) is 0 Å². The molecule has 1 aliphatic carbocycles. The van der Waals surface area contributed by atoms with Crippen LogP contribution < -0.4 is 0 Å². The Balaban J connectivity index is 2.76. The lowest BCUT2D eigenvalue weighted by Crippen LogP contribution is -2.62. The number of hydrogen-bond donors (Lipinski definition) is 2. The first-order valence-electron chi connectivity index (χ1n) is 6.01. The van der Waals surface area contributed by atoms with Crippen LogP contribution in [-0.2, 0) is 4.74 Å². The van der Waals surface area contributed by atoms with Crippen molar-refractivity contribution in [3.63, 3.8) is 0 Å². The molecule has 0 aromatic carbocycles. The molecule has 1 rings (SSSR count). The molecule has 3 nitrogen and oxygen atoms in total. The Morgan fingerprint density at radius 3 is 2.41 bits per heavy atom. The summed E-state index contributed by atoms with van der Waals surface area (Å²) in [5, 5.41) is 19.2. The molecule has 0 saturated carbocycles. The van der Waals surface area contributed by atoms with E-state index in [-0.39, 0.29) is 6.61 Å². The summed E-state index contributed by atoms with van der Waals surface area (Å²) in [7, 11) is 1.59. The molecule has 2 N–H and O–H groups in total. The van der Waals surface area contributed by atoms with E-state index >= 15 is 0 Å². The first-order chi connectivity index (χ1) is 7.94. The zero-order chi connectivity index (χ0) is 13.1. The molecule has 0 fully saturated rings. The Morgan fingerprint density at radius 1 is 1.24 bits per heavy atom. The lowest BCUT2D eigenvalue weighted by molar-refractivity contribution is -0.111. The molecule has 0 heterocycles. The van der Waals surface area contributed by atoms with Crippen LogP contribution in [0.3, 0.4) is 0 Å². The Bertz CT molecular complexity index is 375. The Morgan fingerprint density at radius 2 is 1.88 bits per heavy atom. The van der Waals surface area contributed by atoms with E-state index < -0.39 is 11.2 Å². The van der Waals surface area contributed by atoms with Gasteiger partial charge in [0.05, 0.1) is 0 Å². The molecule has 96 valence electrons. The summed E-state index contributed by atoms with van der Waals surface area (Å²) in [5.41, 5.74) is 0.0789. The molecule has 0 aliphatic heterocycles. The summed E-state index contributed by atoms with van der Waals surface area (Å²) in [4.78, 5) is 0. The largest absolute Gasteiger partial charge is 0.396 e. The molecule has 0 bridgehead atoms. The average molecular weight is 238 g/mol. The summed E-state index contributed by atoms with van der Waals surface area (Å²) in [5.74, 6) is 5.89. The molecular formula is C14H22O3. The highest BCUT2D eigenvalue weighted by Crippen LogP contribution is 2.49. The molecule has 0 unspecified atom stereocenters. The van der Waals surface area contributed by atoms with Gasteiger partial charge in [0.2, 0.25) is 0 Å². The van der Waals surface area contributed by atoms with E-state index in [4.69, 9.17) is 9.84 Å². The minimum Gasteiger partial charge on any atom is -0.396 e. The van der Waals surface area contributed by atoms with Gasteiger partial charge in [-0.25, -0.2) is 0 Å². The molecule has 0 spiro atoms. The Kier molecular flexibility index (Phi) is 4.37. The summed E-state index contributed by atoms with van der Waals surface area (Å²) >= 11 is 0. The number of hydrogen-bond acceptors (Lipinski definition) is 3. The van der Waals surface area contributed by atoms with Crippen molar-refractivity contribution in [3.05, 3.63) is 11.1 Å². The second kappa shape index (κ2) is 5.22. The quantitative estimate of drug-likeness (QED) is 0.445. The van der Waals surface area contributed by atoms with Gasteiger partial charge < -0.3 is 14.9 Å². The van der Waals surface area contributed by atoms with Gasteiger partial charge in [0.15, 0.2) is 5.60 Å². The van der Waals surface area contributed by atoms with Crippen molar-refractivity contribution in [2.24, 2.45) is 0 Å². The maximum Gasteiger partial charge on any atom is 0.179 e. The second-order valence-electron chi connectivity index (χ2n) is 4.68. The summed E-state index contributed by atoms with van der Waals surface area (Å²) in [6.45, 7) is 5.90. The van der Waals surface area contributed by atoms with E-state index in [1.807, 2.05) is 20.8 Å². The van der Waals surface area contributed by atoms with Crippen molar-refractivity contribution in [1.29, 1.82) is 0 Å². The zero-order valence-corrected chi connectivity index (χ0v) is 11.1. The third kappa shape index (κ3) is 2.13. The van der Waals surface area contributed by atoms with E-state index in [9.17, 15) is 5.11 Å². The van der Waals surface area contributed by atoms with Crippen molar-refractivity contribution >= 4 is 0 Å². The number of aliphatic hydroxyl groups is 2. The van der Waals surface area contributed by atoms with Gasteiger partial charge in [-0.3, -0.25) is 0 Å².